The molecule has 0 saturated heterocycles. The average molecular weight is 334 g/mol. The highest BCUT2D eigenvalue weighted by atomic mass is 16.6. The zero-order chi connectivity index (χ0) is 17.5. The molecule has 0 bridgehead atoms. The molecular formula is C17H22N2O5. The molecule has 0 aliphatic heterocycles. The number of ether oxygens (including phenoxy) is 1. The first-order valence-corrected chi connectivity index (χ1v) is 8.10. The van der Waals surface area contributed by atoms with E-state index in [-0.39, 0.29) is 18.0 Å². The van der Waals surface area contributed by atoms with Gasteiger partial charge < -0.3 is 10.1 Å². The molecule has 7 nitrogen and oxygen atoms in total. The van der Waals surface area contributed by atoms with Crippen molar-refractivity contribution in [3.8, 4) is 0 Å². The first kappa shape index (κ1) is 17.9. The fourth-order valence-electron chi connectivity index (χ4n) is 3.05. The number of nitrogens with one attached hydrogen (secondary N) is 1. The van der Waals surface area contributed by atoms with Gasteiger partial charge in [-0.25, -0.2) is 4.79 Å². The third kappa shape index (κ3) is 5.04. The summed E-state index contributed by atoms with van der Waals surface area (Å²) in [5, 5.41) is 13.4. The van der Waals surface area contributed by atoms with E-state index in [4.69, 9.17) is 4.74 Å². The monoisotopic (exact) mass is 334 g/mol. The molecule has 0 unspecified atom stereocenters. The molecule has 130 valence electrons. The summed E-state index contributed by atoms with van der Waals surface area (Å²) in [6.07, 6.45) is 5.08. The van der Waals surface area contributed by atoms with Gasteiger partial charge in [0.2, 0.25) is 5.91 Å². The van der Waals surface area contributed by atoms with Crippen LogP contribution in [0.15, 0.2) is 24.3 Å². The van der Waals surface area contributed by atoms with Crippen molar-refractivity contribution in [2.75, 3.05) is 7.11 Å². The van der Waals surface area contributed by atoms with Gasteiger partial charge in [-0.3, -0.25) is 14.9 Å². The summed E-state index contributed by atoms with van der Waals surface area (Å²) < 4.78 is 4.76. The summed E-state index contributed by atoms with van der Waals surface area (Å²) in [7, 11) is 1.27. The minimum absolute atomic E-state index is 0.0152. The van der Waals surface area contributed by atoms with Crippen LogP contribution in [0.2, 0.25) is 0 Å². The molecule has 1 aromatic rings. The van der Waals surface area contributed by atoms with Crippen LogP contribution in [-0.2, 0) is 20.7 Å². The molecule has 0 heterocycles. The highest BCUT2D eigenvalue weighted by molar-refractivity contribution is 5.84. The van der Waals surface area contributed by atoms with Gasteiger partial charge in [0.1, 0.15) is 6.04 Å². The van der Waals surface area contributed by atoms with Gasteiger partial charge >= 0.3 is 5.97 Å². The van der Waals surface area contributed by atoms with Gasteiger partial charge in [-0.05, 0) is 24.3 Å². The van der Waals surface area contributed by atoms with Crippen LogP contribution in [0.1, 0.15) is 37.7 Å². The number of nitro groups is 1. The average Bonchev–Trinajstić information content (AvgIpc) is 3.06. The number of esters is 1. The van der Waals surface area contributed by atoms with Crippen LogP contribution in [0.3, 0.4) is 0 Å². The van der Waals surface area contributed by atoms with Crippen molar-refractivity contribution in [2.24, 2.45) is 5.92 Å². The molecule has 1 amide bonds. The van der Waals surface area contributed by atoms with Gasteiger partial charge in [-0.2, -0.15) is 0 Å². The number of carbonyl (C=O) groups excluding carboxylic acids is 2. The largest absolute Gasteiger partial charge is 0.467 e. The molecule has 1 atom stereocenters. The van der Waals surface area contributed by atoms with E-state index in [1.807, 2.05) is 0 Å². The van der Waals surface area contributed by atoms with E-state index in [1.54, 1.807) is 12.1 Å². The Morgan fingerprint density at radius 2 is 1.92 bits per heavy atom. The SMILES string of the molecule is COC(=O)[C@H](Cc1ccc([N+](=O)[O-])cc1)NC(=O)CC1CCCC1. The van der Waals surface area contributed by atoms with Crippen LogP contribution < -0.4 is 5.32 Å². The third-order valence-electron chi connectivity index (χ3n) is 4.36. The number of benzene rings is 1. The van der Waals surface area contributed by atoms with Crippen LogP contribution in [0.4, 0.5) is 5.69 Å². The topological polar surface area (TPSA) is 98.5 Å². The summed E-state index contributed by atoms with van der Waals surface area (Å²) >= 11 is 0. The second-order valence-electron chi connectivity index (χ2n) is 6.13. The van der Waals surface area contributed by atoms with Crippen molar-refractivity contribution in [3.05, 3.63) is 39.9 Å². The maximum Gasteiger partial charge on any atom is 0.328 e. The van der Waals surface area contributed by atoms with E-state index in [9.17, 15) is 19.7 Å². The highest BCUT2D eigenvalue weighted by Gasteiger charge is 2.25. The van der Waals surface area contributed by atoms with Crippen LogP contribution in [0.25, 0.3) is 0 Å². The molecule has 1 aliphatic rings. The Morgan fingerprint density at radius 1 is 1.29 bits per heavy atom. The minimum Gasteiger partial charge on any atom is -0.467 e. The lowest BCUT2D eigenvalue weighted by atomic mass is 10.0. The second-order valence-corrected chi connectivity index (χ2v) is 6.13. The lowest BCUT2D eigenvalue weighted by molar-refractivity contribution is -0.384. The van der Waals surface area contributed by atoms with Gasteiger partial charge in [-0.1, -0.05) is 25.0 Å². The number of hydrogen-bond acceptors (Lipinski definition) is 5. The number of nitro benzene ring substituents is 1. The van der Waals surface area contributed by atoms with E-state index in [2.05, 4.69) is 5.32 Å². The number of amides is 1. The molecule has 7 heteroatoms. The molecule has 1 saturated carbocycles. The van der Waals surface area contributed by atoms with Gasteiger partial charge in [0.05, 0.1) is 12.0 Å². The van der Waals surface area contributed by atoms with Gasteiger partial charge in [0, 0.05) is 25.0 Å². The molecule has 1 fully saturated rings. The van der Waals surface area contributed by atoms with Gasteiger partial charge in [0.25, 0.3) is 5.69 Å². The van der Waals surface area contributed by atoms with E-state index >= 15 is 0 Å². The fourth-order valence-corrected chi connectivity index (χ4v) is 3.05. The summed E-state index contributed by atoms with van der Waals surface area (Å²) in [5.41, 5.74) is 0.704. The first-order chi connectivity index (χ1) is 11.5. The molecule has 0 radical (unpaired) electrons. The number of non-ortho nitro benzene ring substituents is 1. The van der Waals surface area contributed by atoms with Crippen molar-refractivity contribution in [3.63, 3.8) is 0 Å². The van der Waals surface area contributed by atoms with Crippen molar-refractivity contribution in [2.45, 2.75) is 44.6 Å². The second kappa shape index (κ2) is 8.42. The number of rotatable bonds is 7. The number of nitrogens with zero attached hydrogens (tertiary/aromatic N) is 1. The van der Waals surface area contributed by atoms with Crippen LogP contribution >= 0.6 is 0 Å². The molecule has 1 N–H and O–H groups in total. The van der Waals surface area contributed by atoms with Crippen molar-refractivity contribution in [1.82, 2.24) is 5.32 Å². The summed E-state index contributed by atoms with van der Waals surface area (Å²) in [4.78, 5) is 34.3. The lowest BCUT2D eigenvalue weighted by Crippen LogP contribution is -2.43. The summed E-state index contributed by atoms with van der Waals surface area (Å²) in [6.45, 7) is 0. The molecule has 1 aromatic carbocycles. The Kier molecular flexibility index (Phi) is 6.28. The summed E-state index contributed by atoms with van der Waals surface area (Å²) in [5.74, 6) is -0.282. The highest BCUT2D eigenvalue weighted by Crippen LogP contribution is 2.27. The van der Waals surface area contributed by atoms with E-state index in [0.29, 0.717) is 12.3 Å². The Balaban J connectivity index is 1.98. The van der Waals surface area contributed by atoms with Crippen LogP contribution in [0.5, 0.6) is 0 Å². The Bertz CT molecular complexity index is 594. The maximum absolute atomic E-state index is 12.2. The molecule has 24 heavy (non-hydrogen) atoms. The number of hydrogen-bond donors (Lipinski definition) is 1. The predicted molar refractivity (Wildman–Crippen MR) is 87.3 cm³/mol. The first-order valence-electron chi connectivity index (χ1n) is 8.10. The predicted octanol–water partition coefficient (Wildman–Crippen LogP) is 2.38. The quantitative estimate of drug-likeness (QED) is 0.469. The Morgan fingerprint density at radius 3 is 2.46 bits per heavy atom. The number of methoxy groups -OCH3 is 1. The van der Waals surface area contributed by atoms with Gasteiger partial charge in [0.15, 0.2) is 0 Å². The third-order valence-corrected chi connectivity index (χ3v) is 4.36. The minimum atomic E-state index is -0.787. The standard InChI is InChI=1S/C17H22N2O5/c1-24-17(21)15(18-16(20)11-12-4-2-3-5-12)10-13-6-8-14(9-7-13)19(22)23/h6-9,12,15H,2-5,10-11H2,1H3,(H,18,20)/t15-/m0/s1. The normalized spacial score (nSPS) is 15.7. The van der Waals surface area contributed by atoms with Gasteiger partial charge in [-0.15, -0.1) is 0 Å². The summed E-state index contributed by atoms with van der Waals surface area (Å²) in [6, 6.07) is 5.13. The van der Waals surface area contributed by atoms with Crippen LogP contribution in [-0.4, -0.2) is 30.0 Å². The molecule has 2 rings (SSSR count). The van der Waals surface area contributed by atoms with Crippen molar-refractivity contribution in [1.29, 1.82) is 0 Å². The Labute approximate surface area is 140 Å². The number of carbonyl (C=O) groups is 2. The van der Waals surface area contributed by atoms with E-state index in [0.717, 1.165) is 31.2 Å². The molecule has 0 spiro atoms. The smallest absolute Gasteiger partial charge is 0.328 e. The molecule has 0 aromatic heterocycles. The Hall–Kier alpha value is -2.44. The molecule has 1 aliphatic carbocycles. The zero-order valence-electron chi connectivity index (χ0n) is 13.7. The van der Waals surface area contributed by atoms with E-state index in [1.165, 1.54) is 19.2 Å². The zero-order valence-corrected chi connectivity index (χ0v) is 13.7. The van der Waals surface area contributed by atoms with Crippen LogP contribution in [0, 0.1) is 16.0 Å². The molecular weight excluding hydrogens is 312 g/mol. The fraction of sp³-hybridized carbons (Fsp3) is 0.529. The maximum atomic E-state index is 12.2. The lowest BCUT2D eigenvalue weighted by Gasteiger charge is -2.18. The van der Waals surface area contributed by atoms with Crippen molar-refractivity contribution < 1.29 is 19.2 Å². The van der Waals surface area contributed by atoms with Crippen molar-refractivity contribution >= 4 is 17.6 Å². The van der Waals surface area contributed by atoms with E-state index < -0.39 is 16.9 Å².